The lowest BCUT2D eigenvalue weighted by Crippen LogP contribution is -2.48. The third-order valence-corrected chi connectivity index (χ3v) is 12.2. The van der Waals surface area contributed by atoms with E-state index in [4.69, 9.17) is 4.74 Å². The van der Waals surface area contributed by atoms with Gasteiger partial charge in [0.05, 0.1) is 51.0 Å². The first kappa shape index (κ1) is 32.5. The second-order valence-corrected chi connectivity index (χ2v) is 16.7. The Morgan fingerprint density at radius 3 is 2.48 bits per heavy atom. The van der Waals surface area contributed by atoms with Crippen LogP contribution in [0, 0.1) is 11.8 Å². The van der Waals surface area contributed by atoms with Crippen LogP contribution in [0.3, 0.4) is 0 Å². The van der Waals surface area contributed by atoms with E-state index < -0.39 is 32.5 Å². The molecule has 2 heterocycles. The SMILES string of the molecule is COc1cc(S(C)(=O)=O)ccc1NCC#Cc1sc2c(NC3CCC(N4CCS(=O)(=O)CC4)CC3)cccc2c1CC(F)F. The summed E-state index contributed by atoms with van der Waals surface area (Å²) in [6.45, 7) is 1.41. The molecule has 0 radical (unpaired) electrons. The number of hydrogen-bond acceptors (Lipinski definition) is 9. The summed E-state index contributed by atoms with van der Waals surface area (Å²) in [5, 5.41) is 7.56. The minimum absolute atomic E-state index is 0.144. The second kappa shape index (κ2) is 13.6. The summed E-state index contributed by atoms with van der Waals surface area (Å²) in [5.74, 6) is 6.96. The first-order valence-corrected chi connectivity index (χ1v) is 19.1. The molecule has 0 spiro atoms. The smallest absolute Gasteiger partial charge is 0.242 e. The second-order valence-electron chi connectivity index (χ2n) is 11.3. The molecule has 1 saturated carbocycles. The lowest BCUT2D eigenvalue weighted by atomic mass is 9.90. The van der Waals surface area contributed by atoms with Gasteiger partial charge in [0.15, 0.2) is 19.7 Å². The number of methoxy groups -OCH3 is 1. The molecule has 238 valence electrons. The Morgan fingerprint density at radius 1 is 1.09 bits per heavy atom. The lowest BCUT2D eigenvalue weighted by molar-refractivity contribution is 0.149. The average molecular weight is 666 g/mol. The van der Waals surface area contributed by atoms with E-state index >= 15 is 0 Å². The van der Waals surface area contributed by atoms with Crippen LogP contribution in [0.25, 0.3) is 10.1 Å². The first-order valence-electron chi connectivity index (χ1n) is 14.6. The van der Waals surface area contributed by atoms with Gasteiger partial charge in [-0.3, -0.25) is 4.90 Å². The van der Waals surface area contributed by atoms with Gasteiger partial charge in [-0.1, -0.05) is 24.0 Å². The number of fused-ring (bicyclic) bond motifs is 1. The molecule has 1 aliphatic carbocycles. The molecule has 0 bridgehead atoms. The molecular formula is C31H37F2N3O5S3. The van der Waals surface area contributed by atoms with Crippen molar-refractivity contribution in [2.24, 2.45) is 0 Å². The predicted molar refractivity (Wildman–Crippen MR) is 173 cm³/mol. The molecule has 13 heteroatoms. The third kappa shape index (κ3) is 7.83. The zero-order valence-corrected chi connectivity index (χ0v) is 27.2. The standard InChI is InChI=1S/C31H37F2N3O5S3/c1-41-28-19-23(43(2,37)38)12-13-26(28)34-14-4-7-29-25(20-30(32)33)24-5-3-6-27(31(24)42-29)35-21-8-10-22(11-9-21)36-15-17-44(39,40)18-16-36/h3,5-6,12-13,19,21-22,30,34-35H,8-11,14-18,20H2,1-2H3. The van der Waals surface area contributed by atoms with Gasteiger partial charge < -0.3 is 15.4 Å². The first-order chi connectivity index (χ1) is 20.9. The molecule has 0 unspecified atom stereocenters. The Morgan fingerprint density at radius 2 is 1.82 bits per heavy atom. The Hall–Kier alpha value is -2.92. The number of nitrogens with one attached hydrogen (secondary N) is 2. The van der Waals surface area contributed by atoms with E-state index in [2.05, 4.69) is 27.4 Å². The number of anilines is 2. The van der Waals surface area contributed by atoms with Crippen LogP contribution >= 0.6 is 11.3 Å². The maximum atomic E-state index is 13.7. The largest absolute Gasteiger partial charge is 0.495 e. The van der Waals surface area contributed by atoms with Gasteiger partial charge in [-0.2, -0.15) is 0 Å². The zero-order valence-electron chi connectivity index (χ0n) is 24.7. The molecule has 5 rings (SSSR count). The Bertz CT molecular complexity index is 1760. The fourth-order valence-corrected chi connectivity index (χ4v) is 9.00. The van der Waals surface area contributed by atoms with Crippen molar-refractivity contribution >= 4 is 52.5 Å². The summed E-state index contributed by atoms with van der Waals surface area (Å²) >= 11 is 1.41. The van der Waals surface area contributed by atoms with Crippen molar-refractivity contribution in [2.45, 2.75) is 55.5 Å². The summed E-state index contributed by atoms with van der Waals surface area (Å²) in [4.78, 5) is 3.05. The van der Waals surface area contributed by atoms with Crippen molar-refractivity contribution in [1.82, 2.24) is 4.90 Å². The highest BCUT2D eigenvalue weighted by Crippen LogP contribution is 2.38. The van der Waals surface area contributed by atoms with Gasteiger partial charge in [-0.05, 0) is 54.8 Å². The lowest BCUT2D eigenvalue weighted by Gasteiger charge is -2.39. The van der Waals surface area contributed by atoms with Crippen molar-refractivity contribution in [1.29, 1.82) is 0 Å². The molecule has 0 amide bonds. The van der Waals surface area contributed by atoms with Crippen LogP contribution in [0.4, 0.5) is 20.2 Å². The van der Waals surface area contributed by atoms with Crippen LogP contribution in [0.2, 0.25) is 0 Å². The maximum absolute atomic E-state index is 13.7. The van der Waals surface area contributed by atoms with Gasteiger partial charge >= 0.3 is 0 Å². The van der Waals surface area contributed by atoms with Crippen molar-refractivity contribution in [2.75, 3.05) is 55.1 Å². The van der Waals surface area contributed by atoms with Crippen molar-refractivity contribution in [3.63, 3.8) is 0 Å². The fraction of sp³-hybridized carbons (Fsp3) is 0.484. The highest BCUT2D eigenvalue weighted by molar-refractivity contribution is 7.91. The minimum Gasteiger partial charge on any atom is -0.495 e. The molecule has 3 aromatic rings. The van der Waals surface area contributed by atoms with E-state index in [1.807, 2.05) is 18.2 Å². The summed E-state index contributed by atoms with van der Waals surface area (Å²) < 4.78 is 80.9. The third-order valence-electron chi connectivity index (χ3n) is 8.30. The normalized spacial score (nSPS) is 20.7. The molecule has 2 fully saturated rings. The number of hydrogen-bond donors (Lipinski definition) is 2. The van der Waals surface area contributed by atoms with Gasteiger partial charge in [0, 0.05) is 43.9 Å². The van der Waals surface area contributed by atoms with E-state index in [0.717, 1.165) is 47.7 Å². The van der Waals surface area contributed by atoms with E-state index in [9.17, 15) is 25.6 Å². The molecule has 44 heavy (non-hydrogen) atoms. The van der Waals surface area contributed by atoms with Crippen LogP contribution in [0.1, 0.15) is 36.1 Å². The highest BCUT2D eigenvalue weighted by Gasteiger charge is 2.30. The van der Waals surface area contributed by atoms with Crippen molar-refractivity contribution < 1.29 is 30.4 Å². The number of sulfone groups is 2. The van der Waals surface area contributed by atoms with Crippen LogP contribution < -0.4 is 15.4 Å². The van der Waals surface area contributed by atoms with Crippen molar-refractivity contribution in [3.05, 3.63) is 46.8 Å². The molecule has 2 N–H and O–H groups in total. The average Bonchev–Trinajstić information content (AvgIpc) is 3.32. The number of thiophene rings is 1. The van der Waals surface area contributed by atoms with Crippen LogP contribution in [0.15, 0.2) is 41.3 Å². The molecule has 8 nitrogen and oxygen atoms in total. The summed E-state index contributed by atoms with van der Waals surface area (Å²) in [5.41, 5.74) is 2.03. The van der Waals surface area contributed by atoms with Gasteiger partial charge in [0.2, 0.25) is 6.43 Å². The number of benzene rings is 2. The molecular weight excluding hydrogens is 629 g/mol. The monoisotopic (exact) mass is 665 g/mol. The van der Waals surface area contributed by atoms with E-state index in [0.29, 0.717) is 41.0 Å². The topological polar surface area (TPSA) is 105 Å². The van der Waals surface area contributed by atoms with Crippen LogP contribution in [-0.2, 0) is 26.1 Å². The Kier molecular flexibility index (Phi) is 10.0. The minimum atomic E-state index is -3.39. The zero-order chi connectivity index (χ0) is 31.5. The van der Waals surface area contributed by atoms with Crippen LogP contribution in [0.5, 0.6) is 5.75 Å². The quantitative estimate of drug-likeness (QED) is 0.307. The Balaban J connectivity index is 1.29. The maximum Gasteiger partial charge on any atom is 0.242 e. The number of nitrogens with zero attached hydrogens (tertiary/aromatic N) is 1. The highest BCUT2D eigenvalue weighted by atomic mass is 32.2. The van der Waals surface area contributed by atoms with Gasteiger partial charge in [0.25, 0.3) is 0 Å². The summed E-state index contributed by atoms with van der Waals surface area (Å²) in [7, 11) is -4.84. The summed E-state index contributed by atoms with van der Waals surface area (Å²) in [6, 6.07) is 10.9. The van der Waals surface area contributed by atoms with Gasteiger partial charge in [-0.15, -0.1) is 11.3 Å². The fourth-order valence-electron chi connectivity index (χ4n) is 5.95. The Labute approximate surface area is 262 Å². The number of rotatable bonds is 9. The van der Waals surface area contributed by atoms with E-state index in [1.165, 1.54) is 30.6 Å². The molecule has 2 aliphatic rings. The van der Waals surface area contributed by atoms with Crippen molar-refractivity contribution in [3.8, 4) is 17.6 Å². The summed E-state index contributed by atoms with van der Waals surface area (Å²) in [6.07, 6.45) is 2.10. The van der Waals surface area contributed by atoms with E-state index in [1.54, 1.807) is 6.07 Å². The number of alkyl halides is 2. The molecule has 1 saturated heterocycles. The molecule has 1 aliphatic heterocycles. The predicted octanol–water partition coefficient (Wildman–Crippen LogP) is 5.04. The van der Waals surface area contributed by atoms with Crippen LogP contribution in [-0.4, -0.2) is 84.8 Å². The number of halogens is 2. The van der Waals surface area contributed by atoms with Gasteiger partial charge in [-0.25, -0.2) is 25.6 Å². The molecule has 0 atom stereocenters. The number of ether oxygens (including phenoxy) is 1. The van der Waals surface area contributed by atoms with Gasteiger partial charge in [0.1, 0.15) is 5.75 Å². The van der Waals surface area contributed by atoms with E-state index in [-0.39, 0.29) is 29.0 Å². The molecule has 2 aromatic carbocycles. The molecule has 1 aromatic heterocycles.